The van der Waals surface area contributed by atoms with E-state index in [2.05, 4.69) is 15.2 Å². The highest BCUT2D eigenvalue weighted by molar-refractivity contribution is 5.77. The molecular weight excluding hydrogens is 499 g/mol. The minimum absolute atomic E-state index is 0.130. The van der Waals surface area contributed by atoms with E-state index < -0.39 is 17.2 Å². The lowest BCUT2D eigenvalue weighted by molar-refractivity contribution is -0.160. The lowest BCUT2D eigenvalue weighted by Crippen LogP contribution is -2.71. The van der Waals surface area contributed by atoms with E-state index in [4.69, 9.17) is 0 Å². The third kappa shape index (κ3) is 3.34. The number of aliphatic hydroxyl groups is 1. The zero-order valence-electron chi connectivity index (χ0n) is 21.2. The third-order valence-electron chi connectivity index (χ3n) is 10.4. The molecule has 0 aromatic carbocycles. The van der Waals surface area contributed by atoms with Gasteiger partial charge in [0.1, 0.15) is 11.9 Å². The van der Waals surface area contributed by atoms with Crippen molar-refractivity contribution in [1.82, 2.24) is 34.3 Å². The number of likely N-dealkylation sites (tertiary alicyclic amines) is 2. The van der Waals surface area contributed by atoms with Gasteiger partial charge in [0.25, 0.3) is 0 Å². The van der Waals surface area contributed by atoms with E-state index in [1.165, 1.54) is 6.20 Å². The Hall–Kier alpha value is -2.63. The van der Waals surface area contributed by atoms with Gasteiger partial charge in [-0.1, -0.05) is 0 Å². The highest BCUT2D eigenvalue weighted by Gasteiger charge is 2.65. The number of nitrogens with zero attached hydrogens (tertiary/aromatic N) is 7. The molecule has 1 N–H and O–H groups in total. The van der Waals surface area contributed by atoms with Gasteiger partial charge in [0.05, 0.1) is 17.7 Å². The summed E-state index contributed by atoms with van der Waals surface area (Å²) in [6.07, 6.45) is 6.26. The van der Waals surface area contributed by atoms with Gasteiger partial charge >= 0.3 is 12.2 Å². The molecule has 2 saturated heterocycles. The molecule has 4 saturated carbocycles. The van der Waals surface area contributed by atoms with Gasteiger partial charge in [-0.3, -0.25) is 4.68 Å². The van der Waals surface area contributed by atoms with E-state index in [-0.39, 0.29) is 29.7 Å². The summed E-state index contributed by atoms with van der Waals surface area (Å²) in [5.41, 5.74) is -1.80. The minimum Gasteiger partial charge on any atom is -0.382 e. The Bertz CT molecular complexity index is 1280. The van der Waals surface area contributed by atoms with E-state index in [1.807, 2.05) is 14.5 Å². The van der Waals surface area contributed by atoms with Crippen LogP contribution in [0.3, 0.4) is 0 Å². The molecule has 12 heteroatoms. The summed E-state index contributed by atoms with van der Waals surface area (Å²) >= 11 is 0. The summed E-state index contributed by atoms with van der Waals surface area (Å²) in [6.45, 7) is 3.79. The number of rotatable bonds is 5. The predicted molar refractivity (Wildman–Crippen MR) is 127 cm³/mol. The third-order valence-corrected chi connectivity index (χ3v) is 10.4. The van der Waals surface area contributed by atoms with Crippen LogP contribution >= 0.6 is 0 Å². The van der Waals surface area contributed by atoms with Crippen molar-refractivity contribution in [1.29, 1.82) is 0 Å². The fraction of sp³-hybridized carbons (Fsp3) is 0.769. The molecule has 0 bridgehead atoms. The van der Waals surface area contributed by atoms with Crippen molar-refractivity contribution < 1.29 is 23.1 Å². The van der Waals surface area contributed by atoms with Crippen LogP contribution in [0, 0.1) is 16.7 Å². The van der Waals surface area contributed by atoms with Crippen molar-refractivity contribution in [2.75, 3.05) is 26.2 Å². The van der Waals surface area contributed by atoms with Gasteiger partial charge in [-0.25, -0.2) is 14.5 Å². The van der Waals surface area contributed by atoms with Crippen LogP contribution in [0.4, 0.5) is 18.0 Å². The second-order valence-corrected chi connectivity index (χ2v) is 13.4. The second-order valence-electron chi connectivity index (χ2n) is 13.4. The summed E-state index contributed by atoms with van der Waals surface area (Å²) in [4.78, 5) is 21.2. The molecule has 0 atom stereocenters. The standard InChI is InChI=1S/C26H32F3N7O2/c27-26(28,29)24(1-2-24)18-9-31-35(11-18)10-17-5-22(6-17)12-33(13-22)21(37)34-14-23(15-34)7-19(8-23)36-16-30-20(32-36)25(38)3-4-25/h9,11,16-17,19,38H,1-8,10,12-15H2. The molecular formula is C26H32F3N7O2. The number of carbonyl (C=O) groups excluding carboxylic acids is 1. The first kappa shape index (κ1) is 23.3. The Kier molecular flexibility index (Phi) is 4.35. The maximum Gasteiger partial charge on any atom is 0.398 e. The highest BCUT2D eigenvalue weighted by Crippen LogP contribution is 2.59. The van der Waals surface area contributed by atoms with Crippen LogP contribution in [0.1, 0.15) is 68.8 Å². The number of carbonyl (C=O) groups is 1. The molecule has 8 rings (SSSR count). The number of aromatic nitrogens is 5. The fourth-order valence-electron chi connectivity index (χ4n) is 7.78. The molecule has 4 heterocycles. The summed E-state index contributed by atoms with van der Waals surface area (Å²) < 4.78 is 43.7. The first-order chi connectivity index (χ1) is 18.0. The SMILES string of the molecule is O=C(N1CC2(CC(Cn3cc(C4(C(F)(F)F)CC4)cn3)C2)C1)N1CC2(CC(n3cnc(C4(O)CC4)n3)C2)C1. The van der Waals surface area contributed by atoms with Crippen molar-refractivity contribution in [3.8, 4) is 0 Å². The number of urea groups is 1. The number of halogens is 3. The zero-order chi connectivity index (χ0) is 26.1. The molecule has 0 unspecified atom stereocenters. The first-order valence-corrected chi connectivity index (χ1v) is 13.8. The average Bonchev–Trinajstić information content (AvgIpc) is 3.61. The largest absolute Gasteiger partial charge is 0.398 e. The monoisotopic (exact) mass is 531 g/mol. The van der Waals surface area contributed by atoms with Crippen molar-refractivity contribution in [3.63, 3.8) is 0 Å². The van der Waals surface area contributed by atoms with Crippen LogP contribution in [0.15, 0.2) is 18.7 Å². The van der Waals surface area contributed by atoms with Crippen molar-refractivity contribution in [2.45, 2.75) is 81.1 Å². The van der Waals surface area contributed by atoms with E-state index in [0.717, 1.165) is 64.7 Å². The van der Waals surface area contributed by atoms with E-state index in [9.17, 15) is 23.1 Å². The maximum atomic E-state index is 13.4. The van der Waals surface area contributed by atoms with Gasteiger partial charge < -0.3 is 14.9 Å². The molecule has 2 aliphatic heterocycles. The maximum absolute atomic E-state index is 13.4. The quantitative estimate of drug-likeness (QED) is 0.640. The smallest absolute Gasteiger partial charge is 0.382 e. The molecule has 0 radical (unpaired) electrons. The molecule has 6 fully saturated rings. The minimum atomic E-state index is -4.21. The Balaban J connectivity index is 0.780. The fourth-order valence-corrected chi connectivity index (χ4v) is 7.78. The number of hydrogen-bond acceptors (Lipinski definition) is 5. The first-order valence-electron chi connectivity index (χ1n) is 13.8. The Morgan fingerprint density at radius 1 is 1.00 bits per heavy atom. The molecule has 2 amide bonds. The average molecular weight is 532 g/mol. The molecule has 2 aromatic heterocycles. The Morgan fingerprint density at radius 2 is 1.63 bits per heavy atom. The Labute approximate surface area is 218 Å². The van der Waals surface area contributed by atoms with E-state index in [0.29, 0.717) is 29.9 Å². The second kappa shape index (κ2) is 7.11. The van der Waals surface area contributed by atoms with E-state index in [1.54, 1.807) is 17.2 Å². The summed E-state index contributed by atoms with van der Waals surface area (Å²) in [7, 11) is 0. The summed E-state index contributed by atoms with van der Waals surface area (Å²) in [5, 5.41) is 18.9. The van der Waals surface area contributed by atoms with Gasteiger partial charge in [0, 0.05) is 55.3 Å². The predicted octanol–water partition coefficient (Wildman–Crippen LogP) is 3.22. The molecule has 9 nitrogen and oxygen atoms in total. The van der Waals surface area contributed by atoms with Crippen LogP contribution in [0.5, 0.6) is 0 Å². The normalized spacial score (nSPS) is 28.0. The Morgan fingerprint density at radius 3 is 2.21 bits per heavy atom. The zero-order valence-corrected chi connectivity index (χ0v) is 21.2. The lowest BCUT2D eigenvalue weighted by atomic mass is 9.57. The molecule has 204 valence electrons. The molecule has 6 aliphatic rings. The van der Waals surface area contributed by atoms with E-state index >= 15 is 0 Å². The van der Waals surface area contributed by atoms with Crippen LogP contribution in [0.2, 0.25) is 0 Å². The summed E-state index contributed by atoms with van der Waals surface area (Å²) in [6, 6.07) is 0.426. The molecule has 38 heavy (non-hydrogen) atoms. The topological polar surface area (TPSA) is 92.3 Å². The number of amides is 2. The van der Waals surface area contributed by atoms with Crippen molar-refractivity contribution in [2.24, 2.45) is 16.7 Å². The van der Waals surface area contributed by atoms with Gasteiger partial charge in [0.15, 0.2) is 5.82 Å². The van der Waals surface area contributed by atoms with Crippen LogP contribution < -0.4 is 0 Å². The van der Waals surface area contributed by atoms with Crippen LogP contribution in [-0.4, -0.2) is 77.8 Å². The van der Waals surface area contributed by atoms with Gasteiger partial charge in [-0.2, -0.15) is 23.4 Å². The molecule has 2 spiro atoms. The van der Waals surface area contributed by atoms with Crippen molar-refractivity contribution in [3.05, 3.63) is 30.1 Å². The van der Waals surface area contributed by atoms with Crippen molar-refractivity contribution >= 4 is 6.03 Å². The van der Waals surface area contributed by atoms with Crippen LogP contribution in [0.25, 0.3) is 0 Å². The highest BCUT2D eigenvalue weighted by atomic mass is 19.4. The molecule has 4 aliphatic carbocycles. The van der Waals surface area contributed by atoms with Crippen LogP contribution in [-0.2, 0) is 17.6 Å². The summed E-state index contributed by atoms with van der Waals surface area (Å²) in [5.74, 6) is 0.939. The van der Waals surface area contributed by atoms with Gasteiger partial charge in [-0.05, 0) is 57.3 Å². The number of hydrogen-bond donors (Lipinski definition) is 1. The van der Waals surface area contributed by atoms with Gasteiger partial charge in [-0.15, -0.1) is 0 Å². The van der Waals surface area contributed by atoms with Gasteiger partial charge in [0.2, 0.25) is 0 Å². The molecule has 2 aromatic rings. The lowest BCUT2D eigenvalue weighted by Gasteiger charge is -2.63. The number of alkyl halides is 3.